The van der Waals surface area contributed by atoms with E-state index in [-0.39, 0.29) is 0 Å². The van der Waals surface area contributed by atoms with E-state index in [9.17, 15) is 0 Å². The SMILES string of the molecule is CC(=CCCN)c1ccc(Cl)s1. The van der Waals surface area contributed by atoms with E-state index >= 15 is 0 Å². The summed E-state index contributed by atoms with van der Waals surface area (Å²) in [5.41, 5.74) is 6.65. The molecule has 0 radical (unpaired) electrons. The van der Waals surface area contributed by atoms with Crippen molar-refractivity contribution in [2.45, 2.75) is 13.3 Å². The summed E-state index contributed by atoms with van der Waals surface area (Å²) < 4.78 is 0.838. The standard InChI is InChI=1S/C9H12ClNS/c1-7(3-2-6-11)8-4-5-9(10)12-8/h3-5H,2,6,11H2,1H3. The molecule has 0 amide bonds. The van der Waals surface area contributed by atoms with Gasteiger partial charge in [0.05, 0.1) is 4.34 Å². The molecule has 0 bridgehead atoms. The first-order chi connectivity index (χ1) is 5.74. The van der Waals surface area contributed by atoms with E-state index in [0.717, 1.165) is 10.8 Å². The molecule has 1 rings (SSSR count). The Morgan fingerprint density at radius 3 is 2.92 bits per heavy atom. The molecule has 2 N–H and O–H groups in total. The minimum absolute atomic E-state index is 0.705. The lowest BCUT2D eigenvalue weighted by Gasteiger charge is -1.94. The second-order valence-corrected chi connectivity index (χ2v) is 4.28. The van der Waals surface area contributed by atoms with Crippen molar-refractivity contribution in [2.75, 3.05) is 6.54 Å². The molecule has 0 aromatic carbocycles. The summed E-state index contributed by atoms with van der Waals surface area (Å²) in [5.74, 6) is 0. The highest BCUT2D eigenvalue weighted by atomic mass is 35.5. The smallest absolute Gasteiger partial charge is 0.0934 e. The quantitative estimate of drug-likeness (QED) is 0.799. The molecular formula is C9H12ClNS. The highest BCUT2D eigenvalue weighted by Crippen LogP contribution is 2.27. The zero-order chi connectivity index (χ0) is 8.97. The van der Waals surface area contributed by atoms with Gasteiger partial charge >= 0.3 is 0 Å². The maximum Gasteiger partial charge on any atom is 0.0934 e. The number of allylic oxidation sites excluding steroid dienone is 1. The molecule has 66 valence electrons. The molecule has 0 atom stereocenters. The van der Waals surface area contributed by atoms with Gasteiger partial charge < -0.3 is 5.73 Å². The van der Waals surface area contributed by atoms with Gasteiger partial charge in [-0.3, -0.25) is 0 Å². The summed E-state index contributed by atoms with van der Waals surface area (Å²) >= 11 is 7.41. The van der Waals surface area contributed by atoms with Crippen molar-refractivity contribution in [1.82, 2.24) is 0 Å². The molecule has 0 aliphatic rings. The van der Waals surface area contributed by atoms with Crippen LogP contribution in [0.25, 0.3) is 5.57 Å². The first kappa shape index (κ1) is 9.78. The molecule has 0 unspecified atom stereocenters. The third kappa shape index (κ3) is 2.63. The van der Waals surface area contributed by atoms with Crippen molar-refractivity contribution < 1.29 is 0 Å². The largest absolute Gasteiger partial charge is 0.330 e. The molecule has 0 saturated carbocycles. The van der Waals surface area contributed by atoms with Crippen LogP contribution in [0.3, 0.4) is 0 Å². The van der Waals surface area contributed by atoms with Gasteiger partial charge in [0.25, 0.3) is 0 Å². The number of hydrogen-bond acceptors (Lipinski definition) is 2. The summed E-state index contributed by atoms with van der Waals surface area (Å²) in [5, 5.41) is 0. The number of nitrogens with two attached hydrogens (primary N) is 1. The molecule has 1 aromatic rings. The zero-order valence-corrected chi connectivity index (χ0v) is 8.58. The normalized spacial score (nSPS) is 12.1. The Kier molecular flexibility index (Phi) is 3.79. The zero-order valence-electron chi connectivity index (χ0n) is 7.01. The maximum absolute atomic E-state index is 5.81. The summed E-state index contributed by atoms with van der Waals surface area (Å²) in [6.07, 6.45) is 3.07. The van der Waals surface area contributed by atoms with Crippen molar-refractivity contribution in [1.29, 1.82) is 0 Å². The van der Waals surface area contributed by atoms with Gasteiger partial charge in [0.2, 0.25) is 0 Å². The van der Waals surface area contributed by atoms with Crippen LogP contribution in [0.5, 0.6) is 0 Å². The maximum atomic E-state index is 5.81. The highest BCUT2D eigenvalue weighted by Gasteiger charge is 1.98. The Hall–Kier alpha value is -0.310. The molecule has 0 aliphatic heterocycles. The van der Waals surface area contributed by atoms with Gasteiger partial charge in [0.1, 0.15) is 0 Å². The van der Waals surface area contributed by atoms with Crippen LogP contribution in [0.2, 0.25) is 4.34 Å². The number of thiophene rings is 1. The summed E-state index contributed by atoms with van der Waals surface area (Å²) in [7, 11) is 0. The molecule has 0 fully saturated rings. The lowest BCUT2D eigenvalue weighted by molar-refractivity contribution is 1.01. The molecule has 0 saturated heterocycles. The number of hydrogen-bond donors (Lipinski definition) is 1. The van der Waals surface area contributed by atoms with Crippen molar-refractivity contribution >= 4 is 28.5 Å². The first-order valence-corrected chi connectivity index (χ1v) is 5.06. The first-order valence-electron chi connectivity index (χ1n) is 3.86. The average Bonchev–Trinajstić information content (AvgIpc) is 2.47. The van der Waals surface area contributed by atoms with Crippen LogP contribution in [-0.4, -0.2) is 6.54 Å². The Bertz CT molecular complexity index is 278. The van der Waals surface area contributed by atoms with Gasteiger partial charge in [0.15, 0.2) is 0 Å². The summed E-state index contributed by atoms with van der Waals surface area (Å²) in [6.45, 7) is 2.79. The van der Waals surface area contributed by atoms with E-state index in [1.54, 1.807) is 11.3 Å². The summed E-state index contributed by atoms with van der Waals surface area (Å²) in [4.78, 5) is 1.23. The second kappa shape index (κ2) is 4.65. The van der Waals surface area contributed by atoms with Gasteiger partial charge in [0, 0.05) is 4.88 Å². The molecule has 3 heteroatoms. The van der Waals surface area contributed by atoms with E-state index in [4.69, 9.17) is 17.3 Å². The third-order valence-electron chi connectivity index (χ3n) is 1.58. The predicted octanol–water partition coefficient (Wildman–Crippen LogP) is 3.15. The average molecular weight is 202 g/mol. The fraction of sp³-hybridized carbons (Fsp3) is 0.333. The van der Waals surface area contributed by atoms with Crippen molar-refractivity contribution in [3.63, 3.8) is 0 Å². The second-order valence-electron chi connectivity index (χ2n) is 2.57. The number of halogens is 1. The Balaban J connectivity index is 2.70. The molecule has 1 aromatic heterocycles. The van der Waals surface area contributed by atoms with E-state index < -0.39 is 0 Å². The number of rotatable bonds is 3. The summed E-state index contributed by atoms with van der Waals surface area (Å²) in [6, 6.07) is 3.96. The van der Waals surface area contributed by atoms with Gasteiger partial charge in [-0.1, -0.05) is 17.7 Å². The Morgan fingerprint density at radius 2 is 2.42 bits per heavy atom. The van der Waals surface area contributed by atoms with Crippen LogP contribution in [0.4, 0.5) is 0 Å². The van der Waals surface area contributed by atoms with E-state index in [0.29, 0.717) is 6.54 Å². The van der Waals surface area contributed by atoms with Gasteiger partial charge in [-0.25, -0.2) is 0 Å². The Labute approximate surface area is 81.9 Å². The van der Waals surface area contributed by atoms with Crippen LogP contribution in [-0.2, 0) is 0 Å². The lowest BCUT2D eigenvalue weighted by Crippen LogP contribution is -1.95. The van der Waals surface area contributed by atoms with Crippen molar-refractivity contribution in [3.05, 3.63) is 27.4 Å². The third-order valence-corrected chi connectivity index (χ3v) is 2.95. The van der Waals surface area contributed by atoms with Crippen molar-refractivity contribution in [2.24, 2.45) is 5.73 Å². The molecule has 1 heterocycles. The molecule has 0 aliphatic carbocycles. The predicted molar refractivity (Wildman–Crippen MR) is 56.7 cm³/mol. The van der Waals surface area contributed by atoms with Crippen LogP contribution < -0.4 is 5.73 Å². The van der Waals surface area contributed by atoms with E-state index in [1.807, 2.05) is 12.1 Å². The van der Waals surface area contributed by atoms with E-state index in [2.05, 4.69) is 13.0 Å². The molecule has 12 heavy (non-hydrogen) atoms. The topological polar surface area (TPSA) is 26.0 Å². The van der Waals surface area contributed by atoms with Gasteiger partial charge in [-0.05, 0) is 37.6 Å². The van der Waals surface area contributed by atoms with Crippen LogP contribution in [0.15, 0.2) is 18.2 Å². The minimum Gasteiger partial charge on any atom is -0.330 e. The van der Waals surface area contributed by atoms with Gasteiger partial charge in [-0.2, -0.15) is 0 Å². The van der Waals surface area contributed by atoms with Crippen LogP contribution >= 0.6 is 22.9 Å². The van der Waals surface area contributed by atoms with Gasteiger partial charge in [-0.15, -0.1) is 11.3 Å². The van der Waals surface area contributed by atoms with Crippen LogP contribution in [0, 0.1) is 0 Å². The lowest BCUT2D eigenvalue weighted by atomic mass is 10.2. The highest BCUT2D eigenvalue weighted by molar-refractivity contribution is 7.17. The molecule has 0 spiro atoms. The molecular weight excluding hydrogens is 190 g/mol. The fourth-order valence-corrected chi connectivity index (χ4v) is 1.97. The van der Waals surface area contributed by atoms with E-state index in [1.165, 1.54) is 10.5 Å². The monoisotopic (exact) mass is 201 g/mol. The van der Waals surface area contributed by atoms with Crippen molar-refractivity contribution in [3.8, 4) is 0 Å². The fourth-order valence-electron chi connectivity index (χ4n) is 0.927. The van der Waals surface area contributed by atoms with Crippen LogP contribution in [0.1, 0.15) is 18.2 Å². The Morgan fingerprint density at radius 1 is 1.67 bits per heavy atom. The molecule has 1 nitrogen and oxygen atoms in total. The minimum atomic E-state index is 0.705.